The number of rotatable bonds is 6. The lowest BCUT2D eigenvalue weighted by atomic mass is 10.1. The summed E-state index contributed by atoms with van der Waals surface area (Å²) in [4.78, 5) is 26.3. The SMILES string of the molecule is CC(=O)Nc1ccc(SCC(=O)Nc2cc(C(F)(F)F)ccc2N2CCCC2)cc1. The van der Waals surface area contributed by atoms with Gasteiger partial charge in [-0.15, -0.1) is 11.8 Å². The van der Waals surface area contributed by atoms with Gasteiger partial charge in [0.15, 0.2) is 0 Å². The maximum atomic E-state index is 13.1. The van der Waals surface area contributed by atoms with Crippen LogP contribution >= 0.6 is 11.8 Å². The molecule has 1 fully saturated rings. The maximum Gasteiger partial charge on any atom is 0.416 e. The molecule has 0 atom stereocenters. The minimum absolute atomic E-state index is 0.0508. The van der Waals surface area contributed by atoms with Crippen LogP contribution in [0, 0.1) is 0 Å². The number of benzene rings is 2. The molecule has 160 valence electrons. The summed E-state index contributed by atoms with van der Waals surface area (Å²) in [6.07, 6.45) is -2.54. The van der Waals surface area contributed by atoms with Crippen LogP contribution in [0.25, 0.3) is 0 Å². The molecule has 5 nitrogen and oxygen atoms in total. The zero-order chi connectivity index (χ0) is 21.7. The van der Waals surface area contributed by atoms with E-state index in [1.54, 1.807) is 24.3 Å². The van der Waals surface area contributed by atoms with E-state index in [9.17, 15) is 22.8 Å². The molecule has 2 N–H and O–H groups in total. The third kappa shape index (κ3) is 5.91. The highest BCUT2D eigenvalue weighted by Crippen LogP contribution is 2.36. The van der Waals surface area contributed by atoms with E-state index in [0.717, 1.165) is 43.0 Å². The number of carbonyl (C=O) groups is 2. The summed E-state index contributed by atoms with van der Waals surface area (Å²) in [7, 11) is 0. The van der Waals surface area contributed by atoms with Crippen molar-refractivity contribution >= 4 is 40.6 Å². The quantitative estimate of drug-likeness (QED) is 0.625. The Morgan fingerprint density at radius 3 is 2.30 bits per heavy atom. The largest absolute Gasteiger partial charge is 0.416 e. The minimum atomic E-state index is -4.48. The third-order valence-corrected chi connectivity index (χ3v) is 5.60. The van der Waals surface area contributed by atoms with Gasteiger partial charge in [-0.2, -0.15) is 13.2 Å². The topological polar surface area (TPSA) is 61.4 Å². The number of amides is 2. The smallest absolute Gasteiger partial charge is 0.370 e. The van der Waals surface area contributed by atoms with Crippen molar-refractivity contribution in [2.24, 2.45) is 0 Å². The Bertz CT molecular complexity index is 911. The lowest BCUT2D eigenvalue weighted by molar-refractivity contribution is -0.137. The Balaban J connectivity index is 1.68. The average Bonchev–Trinajstić information content (AvgIpc) is 3.21. The Labute approximate surface area is 177 Å². The molecule has 30 heavy (non-hydrogen) atoms. The van der Waals surface area contributed by atoms with Crippen LogP contribution in [0.1, 0.15) is 25.3 Å². The second kappa shape index (κ2) is 9.42. The van der Waals surface area contributed by atoms with E-state index in [1.807, 2.05) is 4.90 Å². The molecule has 0 unspecified atom stereocenters. The number of halogens is 3. The summed E-state index contributed by atoms with van der Waals surface area (Å²) in [6, 6.07) is 10.5. The first-order valence-electron chi connectivity index (χ1n) is 9.49. The first-order chi connectivity index (χ1) is 14.2. The number of anilines is 3. The predicted octanol–water partition coefficient (Wildman–Crippen LogP) is 4.99. The number of nitrogens with zero attached hydrogens (tertiary/aromatic N) is 1. The molecule has 1 heterocycles. The number of nitrogens with one attached hydrogen (secondary N) is 2. The van der Waals surface area contributed by atoms with Crippen LogP contribution in [0.2, 0.25) is 0 Å². The van der Waals surface area contributed by atoms with E-state index in [-0.39, 0.29) is 23.3 Å². The Morgan fingerprint density at radius 2 is 1.70 bits per heavy atom. The molecule has 9 heteroatoms. The molecular weight excluding hydrogens is 415 g/mol. The summed E-state index contributed by atoms with van der Waals surface area (Å²) in [6.45, 7) is 2.92. The highest BCUT2D eigenvalue weighted by molar-refractivity contribution is 8.00. The van der Waals surface area contributed by atoms with E-state index in [2.05, 4.69) is 10.6 Å². The molecule has 1 aliphatic rings. The normalized spacial score (nSPS) is 13.9. The number of hydrogen-bond acceptors (Lipinski definition) is 4. The second-order valence-electron chi connectivity index (χ2n) is 6.97. The van der Waals surface area contributed by atoms with Gasteiger partial charge in [-0.1, -0.05) is 0 Å². The van der Waals surface area contributed by atoms with Gasteiger partial charge in [-0.05, 0) is 55.3 Å². The second-order valence-corrected chi connectivity index (χ2v) is 8.02. The van der Waals surface area contributed by atoms with Crippen molar-refractivity contribution in [3.63, 3.8) is 0 Å². The van der Waals surface area contributed by atoms with E-state index in [1.165, 1.54) is 24.8 Å². The van der Waals surface area contributed by atoms with Gasteiger partial charge < -0.3 is 15.5 Å². The highest BCUT2D eigenvalue weighted by atomic mass is 32.2. The van der Waals surface area contributed by atoms with E-state index < -0.39 is 11.7 Å². The lowest BCUT2D eigenvalue weighted by Crippen LogP contribution is -2.22. The molecule has 1 aliphatic heterocycles. The predicted molar refractivity (Wildman–Crippen MR) is 113 cm³/mol. The molecule has 2 amide bonds. The summed E-state index contributed by atoms with van der Waals surface area (Å²) < 4.78 is 39.4. The van der Waals surface area contributed by atoms with Crippen molar-refractivity contribution in [1.82, 2.24) is 0 Å². The van der Waals surface area contributed by atoms with Crippen LogP contribution in [0.4, 0.5) is 30.2 Å². The molecule has 0 radical (unpaired) electrons. The molecule has 0 spiro atoms. The zero-order valence-electron chi connectivity index (χ0n) is 16.4. The first-order valence-corrected chi connectivity index (χ1v) is 10.5. The fourth-order valence-corrected chi connectivity index (χ4v) is 3.92. The molecule has 0 aromatic heterocycles. The molecule has 0 saturated carbocycles. The fraction of sp³-hybridized carbons (Fsp3) is 0.333. The zero-order valence-corrected chi connectivity index (χ0v) is 17.2. The van der Waals surface area contributed by atoms with Crippen molar-refractivity contribution in [2.75, 3.05) is 34.4 Å². The van der Waals surface area contributed by atoms with Gasteiger partial charge in [0, 0.05) is 30.6 Å². The van der Waals surface area contributed by atoms with Gasteiger partial charge in [-0.3, -0.25) is 9.59 Å². The molecule has 1 saturated heterocycles. The average molecular weight is 437 g/mol. The Hall–Kier alpha value is -2.68. The lowest BCUT2D eigenvalue weighted by Gasteiger charge is -2.23. The van der Waals surface area contributed by atoms with Crippen LogP contribution in [0.3, 0.4) is 0 Å². The Morgan fingerprint density at radius 1 is 1.03 bits per heavy atom. The molecule has 3 rings (SSSR count). The maximum absolute atomic E-state index is 13.1. The van der Waals surface area contributed by atoms with Crippen LogP contribution in [-0.4, -0.2) is 30.7 Å². The van der Waals surface area contributed by atoms with E-state index in [0.29, 0.717) is 11.4 Å². The van der Waals surface area contributed by atoms with Crippen molar-refractivity contribution in [3.05, 3.63) is 48.0 Å². The number of hydrogen-bond donors (Lipinski definition) is 2. The van der Waals surface area contributed by atoms with E-state index >= 15 is 0 Å². The van der Waals surface area contributed by atoms with Crippen LogP contribution < -0.4 is 15.5 Å². The molecule has 2 aromatic rings. The summed E-state index contributed by atoms with van der Waals surface area (Å²) in [5.74, 6) is -0.509. The van der Waals surface area contributed by atoms with Crippen molar-refractivity contribution in [1.29, 1.82) is 0 Å². The van der Waals surface area contributed by atoms with Crippen LogP contribution in [-0.2, 0) is 15.8 Å². The number of alkyl halides is 3. The van der Waals surface area contributed by atoms with Crippen molar-refractivity contribution in [3.8, 4) is 0 Å². The van der Waals surface area contributed by atoms with Crippen molar-refractivity contribution < 1.29 is 22.8 Å². The fourth-order valence-electron chi connectivity index (χ4n) is 3.22. The molecule has 0 bridgehead atoms. The van der Waals surface area contributed by atoms with E-state index in [4.69, 9.17) is 0 Å². The minimum Gasteiger partial charge on any atom is -0.370 e. The number of carbonyl (C=O) groups excluding carboxylic acids is 2. The monoisotopic (exact) mass is 437 g/mol. The number of thioether (sulfide) groups is 1. The van der Waals surface area contributed by atoms with Gasteiger partial charge >= 0.3 is 6.18 Å². The van der Waals surface area contributed by atoms with Gasteiger partial charge in [0.05, 0.1) is 22.7 Å². The van der Waals surface area contributed by atoms with Crippen LogP contribution in [0.15, 0.2) is 47.4 Å². The summed E-state index contributed by atoms with van der Waals surface area (Å²) in [5.41, 5.74) is 0.648. The Kier molecular flexibility index (Phi) is 6.91. The standard InChI is InChI=1S/C21H22F3N3O2S/c1-14(28)25-16-5-7-17(8-6-16)30-13-20(29)26-18-12-15(21(22,23)24)4-9-19(18)27-10-2-3-11-27/h4-9,12H,2-3,10-11,13H2,1H3,(H,25,28)(H,26,29). The van der Waals surface area contributed by atoms with Gasteiger partial charge in [-0.25, -0.2) is 0 Å². The van der Waals surface area contributed by atoms with Gasteiger partial charge in [0.25, 0.3) is 0 Å². The molecule has 0 aliphatic carbocycles. The van der Waals surface area contributed by atoms with Gasteiger partial charge in [0.1, 0.15) is 0 Å². The molecule has 2 aromatic carbocycles. The molecular formula is C21H22F3N3O2S. The summed E-state index contributed by atoms with van der Waals surface area (Å²) in [5, 5.41) is 5.31. The van der Waals surface area contributed by atoms with Crippen molar-refractivity contribution in [2.45, 2.75) is 30.8 Å². The first kappa shape index (κ1) is 22.0. The van der Waals surface area contributed by atoms with Crippen LogP contribution in [0.5, 0.6) is 0 Å². The summed E-state index contributed by atoms with van der Waals surface area (Å²) >= 11 is 1.26. The third-order valence-electron chi connectivity index (χ3n) is 4.59. The highest BCUT2D eigenvalue weighted by Gasteiger charge is 2.32. The van der Waals surface area contributed by atoms with Gasteiger partial charge in [0.2, 0.25) is 11.8 Å².